The Hall–Kier alpha value is -3.29. The first-order chi connectivity index (χ1) is 14.3. The molecule has 2 heterocycles. The Bertz CT molecular complexity index is 902. The van der Waals surface area contributed by atoms with Crippen molar-refractivity contribution in [3.05, 3.63) is 35.7 Å². The number of piperidine rings is 1. The molecule has 0 spiro atoms. The highest BCUT2D eigenvalue weighted by atomic mass is 19.3. The molecule has 30 heavy (non-hydrogen) atoms. The van der Waals surface area contributed by atoms with E-state index in [0.717, 1.165) is 11.0 Å². The van der Waals surface area contributed by atoms with Gasteiger partial charge in [0, 0.05) is 12.6 Å². The van der Waals surface area contributed by atoms with Gasteiger partial charge in [0.15, 0.2) is 0 Å². The van der Waals surface area contributed by atoms with E-state index in [1.54, 1.807) is 6.07 Å². The Morgan fingerprint density at radius 2 is 2.17 bits per heavy atom. The average molecular weight is 426 g/mol. The number of carbonyl (C=O) groups excluding carboxylic acids is 2. The normalized spacial score (nSPS) is 22.9. The molecule has 0 bridgehead atoms. The Morgan fingerprint density at radius 3 is 2.80 bits per heavy atom. The zero-order chi connectivity index (χ0) is 21.8. The summed E-state index contributed by atoms with van der Waals surface area (Å²) < 4.78 is 58.3. The number of hydrogen-bond donors (Lipinski definition) is 1. The summed E-state index contributed by atoms with van der Waals surface area (Å²) in [5.41, 5.74) is 0.712. The maximum absolute atomic E-state index is 14.7. The van der Waals surface area contributed by atoms with Crippen molar-refractivity contribution in [2.24, 2.45) is 0 Å². The van der Waals surface area contributed by atoms with Crippen LogP contribution in [0.5, 0.6) is 0 Å². The smallest absolute Gasteiger partial charge is 0.414 e. The second-order valence-corrected chi connectivity index (χ2v) is 6.81. The van der Waals surface area contributed by atoms with Crippen LogP contribution in [-0.4, -0.2) is 56.9 Å². The molecule has 0 radical (unpaired) electrons. The summed E-state index contributed by atoms with van der Waals surface area (Å²) in [5, 5.41) is 10.6. The third kappa shape index (κ3) is 4.64. The number of allylic oxidation sites excluding steroid dienone is 1. The van der Waals surface area contributed by atoms with Crippen LogP contribution >= 0.6 is 0 Å². The topological polar surface area (TPSA) is 85.7 Å². The van der Waals surface area contributed by atoms with Crippen LogP contribution in [0, 0.1) is 17.1 Å². The van der Waals surface area contributed by atoms with Crippen molar-refractivity contribution in [3.8, 4) is 6.07 Å². The number of hydrogen-bond acceptors (Lipinski definition) is 5. The van der Waals surface area contributed by atoms with Gasteiger partial charge in [-0.25, -0.2) is 13.6 Å². The molecular weight excluding hydrogens is 408 g/mol. The Labute approximate surface area is 169 Å². The minimum absolute atomic E-state index is 0.0558. The first-order valence-electron chi connectivity index (χ1n) is 9.11. The highest BCUT2D eigenvalue weighted by molar-refractivity contribution is 5.90. The molecule has 2 fully saturated rings. The lowest BCUT2D eigenvalue weighted by atomic mass is 10.0. The minimum atomic E-state index is -3.18. The quantitative estimate of drug-likeness (QED) is 0.578. The second-order valence-electron chi connectivity index (χ2n) is 6.81. The van der Waals surface area contributed by atoms with E-state index < -0.39 is 36.5 Å². The van der Waals surface area contributed by atoms with Gasteiger partial charge in [0.05, 0.1) is 37.1 Å². The Kier molecular flexibility index (Phi) is 6.44. The highest BCUT2D eigenvalue weighted by Crippen LogP contribution is 2.31. The molecule has 7 nitrogen and oxygen atoms in total. The van der Waals surface area contributed by atoms with Crippen LogP contribution in [0.2, 0.25) is 0 Å². The van der Waals surface area contributed by atoms with Crippen LogP contribution in [0.1, 0.15) is 6.42 Å². The van der Waals surface area contributed by atoms with Gasteiger partial charge in [0.25, 0.3) is 5.91 Å². The zero-order valence-corrected chi connectivity index (χ0v) is 15.7. The standard InChI is InChI=1S/C19H18F4N4O3/c20-14-7-12(27-9-13(30-19(27)29)8-25-18(28)17(22)23)1-2-16(14)26-6-4-11(3-5-24)15(21)10-26/h1-3,7,13,15,17H,4,6,8-10H2,(H,25,28)/t13-,15?/m0/s1. The largest absolute Gasteiger partial charge is 0.442 e. The monoisotopic (exact) mass is 426 g/mol. The van der Waals surface area contributed by atoms with E-state index in [1.165, 1.54) is 23.1 Å². The van der Waals surface area contributed by atoms with E-state index in [2.05, 4.69) is 0 Å². The van der Waals surface area contributed by atoms with Gasteiger partial charge in [0.1, 0.15) is 18.1 Å². The molecule has 1 aromatic rings. The van der Waals surface area contributed by atoms with Crippen LogP contribution in [0.25, 0.3) is 0 Å². The number of amides is 2. The Balaban J connectivity index is 1.65. The van der Waals surface area contributed by atoms with E-state index in [9.17, 15) is 27.2 Å². The highest BCUT2D eigenvalue weighted by Gasteiger charge is 2.34. The fraction of sp³-hybridized carbons (Fsp3) is 0.421. The van der Waals surface area contributed by atoms with Gasteiger partial charge in [-0.3, -0.25) is 9.69 Å². The molecule has 3 rings (SSSR count). The summed E-state index contributed by atoms with van der Waals surface area (Å²) in [5.74, 6) is -2.14. The summed E-state index contributed by atoms with van der Waals surface area (Å²) in [6.07, 6.45) is -4.75. The molecular formula is C19H18F4N4O3. The molecule has 0 saturated carbocycles. The maximum atomic E-state index is 14.7. The van der Waals surface area contributed by atoms with Crippen LogP contribution in [0.4, 0.5) is 33.7 Å². The van der Waals surface area contributed by atoms with Crippen LogP contribution < -0.4 is 15.1 Å². The Morgan fingerprint density at radius 1 is 1.40 bits per heavy atom. The number of ether oxygens (including phenoxy) is 1. The first-order valence-corrected chi connectivity index (χ1v) is 9.11. The number of alkyl halides is 3. The molecule has 0 aliphatic carbocycles. The molecule has 11 heteroatoms. The number of rotatable bonds is 5. The van der Waals surface area contributed by atoms with Gasteiger partial charge >= 0.3 is 12.5 Å². The molecule has 1 aromatic carbocycles. The lowest BCUT2D eigenvalue weighted by Gasteiger charge is -2.32. The molecule has 2 saturated heterocycles. The average Bonchev–Trinajstić information content (AvgIpc) is 3.08. The number of carbonyl (C=O) groups is 2. The fourth-order valence-corrected chi connectivity index (χ4v) is 3.34. The molecule has 1 N–H and O–H groups in total. The number of nitrogens with one attached hydrogen (secondary N) is 1. The molecule has 1 unspecified atom stereocenters. The minimum Gasteiger partial charge on any atom is -0.442 e. The van der Waals surface area contributed by atoms with Crippen molar-refractivity contribution in [1.82, 2.24) is 5.32 Å². The van der Waals surface area contributed by atoms with Crippen LogP contribution in [0.3, 0.4) is 0 Å². The molecule has 2 aliphatic rings. The van der Waals surface area contributed by atoms with Gasteiger partial charge in [0.2, 0.25) is 0 Å². The molecule has 2 atom stereocenters. The van der Waals surface area contributed by atoms with Gasteiger partial charge in [-0.1, -0.05) is 0 Å². The zero-order valence-electron chi connectivity index (χ0n) is 15.7. The maximum Gasteiger partial charge on any atom is 0.414 e. The number of halogens is 4. The van der Waals surface area contributed by atoms with Crippen LogP contribution in [0.15, 0.2) is 29.8 Å². The fourth-order valence-electron chi connectivity index (χ4n) is 3.34. The van der Waals surface area contributed by atoms with Crippen molar-refractivity contribution in [3.63, 3.8) is 0 Å². The number of cyclic esters (lactones) is 1. The molecule has 2 aliphatic heterocycles. The van der Waals surface area contributed by atoms with Crippen molar-refractivity contribution < 1.29 is 31.9 Å². The summed E-state index contributed by atoms with van der Waals surface area (Å²) >= 11 is 0. The van der Waals surface area contributed by atoms with Crippen LogP contribution in [-0.2, 0) is 9.53 Å². The second kappa shape index (κ2) is 9.02. The number of anilines is 2. The van der Waals surface area contributed by atoms with E-state index in [0.29, 0.717) is 18.5 Å². The third-order valence-electron chi connectivity index (χ3n) is 4.86. The summed E-state index contributed by atoms with van der Waals surface area (Å²) in [6, 6.07) is 5.78. The third-order valence-corrected chi connectivity index (χ3v) is 4.86. The number of benzene rings is 1. The number of nitrogens with zero attached hydrogens (tertiary/aromatic N) is 3. The van der Waals surface area contributed by atoms with Gasteiger partial charge in [-0.05, 0) is 30.2 Å². The van der Waals surface area contributed by atoms with Gasteiger partial charge < -0.3 is 15.0 Å². The summed E-state index contributed by atoms with van der Waals surface area (Å²) in [7, 11) is 0. The predicted molar refractivity (Wildman–Crippen MR) is 98.5 cm³/mol. The van der Waals surface area contributed by atoms with Gasteiger partial charge in [-0.15, -0.1) is 0 Å². The molecule has 0 aromatic heterocycles. The van der Waals surface area contributed by atoms with Gasteiger partial charge in [-0.2, -0.15) is 14.0 Å². The van der Waals surface area contributed by atoms with E-state index in [-0.39, 0.29) is 31.0 Å². The van der Waals surface area contributed by atoms with E-state index >= 15 is 0 Å². The molecule has 2 amide bonds. The SMILES string of the molecule is N#CC=C1CCN(c2ccc(N3C[C@H](CNC(=O)C(F)F)OC3=O)cc2F)CC1F. The molecule has 160 valence electrons. The van der Waals surface area contributed by atoms with Crippen molar-refractivity contribution in [2.75, 3.05) is 36.0 Å². The lowest BCUT2D eigenvalue weighted by molar-refractivity contribution is -0.132. The summed E-state index contributed by atoms with van der Waals surface area (Å²) in [6.45, 7) is -0.112. The first kappa shape index (κ1) is 21.4. The van der Waals surface area contributed by atoms with Crippen molar-refractivity contribution >= 4 is 23.4 Å². The summed E-state index contributed by atoms with van der Waals surface area (Å²) in [4.78, 5) is 25.6. The predicted octanol–water partition coefficient (Wildman–Crippen LogP) is 2.53. The number of nitriles is 1. The van der Waals surface area contributed by atoms with Crippen molar-refractivity contribution in [1.29, 1.82) is 5.26 Å². The van der Waals surface area contributed by atoms with Crippen molar-refractivity contribution in [2.45, 2.75) is 25.1 Å². The van der Waals surface area contributed by atoms with E-state index in [1.807, 2.05) is 5.32 Å². The van der Waals surface area contributed by atoms with E-state index in [4.69, 9.17) is 10.00 Å². The lowest BCUT2D eigenvalue weighted by Crippen LogP contribution is -2.38.